The summed E-state index contributed by atoms with van der Waals surface area (Å²) in [5.74, 6) is -0.552. The molecule has 0 heterocycles. The van der Waals surface area contributed by atoms with Gasteiger partial charge in [-0.1, -0.05) is 222 Å². The molecule has 0 aliphatic heterocycles. The quantitative estimate of drug-likeness (QED) is 0.0348. The lowest BCUT2D eigenvalue weighted by atomic mass is 10.0. The molecule has 0 aliphatic carbocycles. The number of ether oxygens (including phenoxy) is 3. The lowest BCUT2D eigenvalue weighted by Gasteiger charge is -2.18. The third kappa shape index (κ3) is 46.0. The molecule has 0 N–H and O–H groups in total. The van der Waals surface area contributed by atoms with Crippen molar-refractivity contribution in [2.24, 2.45) is 0 Å². The molecular weight excluding hydrogens is 717 g/mol. The topological polar surface area (TPSA) is 61.8 Å². The highest BCUT2D eigenvalue weighted by Crippen LogP contribution is 2.14. The highest BCUT2D eigenvalue weighted by Gasteiger charge is 2.17. The van der Waals surface area contributed by atoms with Crippen molar-refractivity contribution >= 4 is 11.9 Å². The van der Waals surface area contributed by atoms with Crippen LogP contribution in [0.2, 0.25) is 0 Å². The van der Waals surface area contributed by atoms with Crippen molar-refractivity contribution in [1.29, 1.82) is 0 Å². The van der Waals surface area contributed by atoms with Gasteiger partial charge in [-0.3, -0.25) is 9.59 Å². The van der Waals surface area contributed by atoms with Crippen LogP contribution in [-0.4, -0.2) is 37.9 Å². The number of rotatable bonds is 44. The summed E-state index contributed by atoms with van der Waals surface area (Å²) in [7, 11) is 0. The fourth-order valence-corrected chi connectivity index (χ4v) is 6.62. The van der Waals surface area contributed by atoms with Crippen LogP contribution in [0.5, 0.6) is 0 Å². The first-order chi connectivity index (χ1) is 28.6. The van der Waals surface area contributed by atoms with Crippen LogP contribution in [0.3, 0.4) is 0 Å². The van der Waals surface area contributed by atoms with Crippen LogP contribution in [0.1, 0.15) is 226 Å². The van der Waals surface area contributed by atoms with E-state index >= 15 is 0 Å². The third-order valence-corrected chi connectivity index (χ3v) is 10.3. The Bertz CT molecular complexity index is 1050. The number of carbonyl (C=O) groups is 2. The lowest BCUT2D eigenvalue weighted by Crippen LogP contribution is -2.30. The van der Waals surface area contributed by atoms with Gasteiger partial charge in [0.1, 0.15) is 6.61 Å². The summed E-state index contributed by atoms with van der Waals surface area (Å²) in [5.41, 5.74) is 0. The van der Waals surface area contributed by atoms with Gasteiger partial charge in [0.25, 0.3) is 0 Å². The maximum atomic E-state index is 12.7. The number of unbranched alkanes of at least 4 members (excludes halogenated alkanes) is 22. The predicted octanol–water partition coefficient (Wildman–Crippen LogP) is 16.3. The first kappa shape index (κ1) is 55.3. The molecule has 0 radical (unpaired) electrons. The highest BCUT2D eigenvalue weighted by atomic mass is 16.6. The Morgan fingerprint density at radius 3 is 1.36 bits per heavy atom. The van der Waals surface area contributed by atoms with E-state index in [1.165, 1.54) is 122 Å². The molecule has 0 aliphatic rings. The molecule has 0 amide bonds. The number of esters is 2. The van der Waals surface area contributed by atoms with Gasteiger partial charge in [-0.2, -0.15) is 0 Å². The molecule has 0 saturated heterocycles. The van der Waals surface area contributed by atoms with Crippen LogP contribution in [0.15, 0.2) is 72.9 Å². The molecule has 0 fully saturated rings. The van der Waals surface area contributed by atoms with E-state index in [9.17, 15) is 9.59 Å². The van der Waals surface area contributed by atoms with Gasteiger partial charge in [0.2, 0.25) is 0 Å². The Hall–Kier alpha value is -2.66. The fraction of sp³-hybridized carbons (Fsp3) is 0.736. The van der Waals surface area contributed by atoms with Gasteiger partial charge in [-0.05, 0) is 64.2 Å². The summed E-state index contributed by atoms with van der Waals surface area (Å²) >= 11 is 0. The molecule has 0 spiro atoms. The van der Waals surface area contributed by atoms with Crippen molar-refractivity contribution in [1.82, 2.24) is 0 Å². The first-order valence-electron chi connectivity index (χ1n) is 24.5. The minimum atomic E-state index is -0.578. The summed E-state index contributed by atoms with van der Waals surface area (Å²) in [6.07, 6.45) is 62.2. The van der Waals surface area contributed by atoms with Crippen molar-refractivity contribution in [2.75, 3.05) is 19.8 Å². The summed E-state index contributed by atoms with van der Waals surface area (Å²) in [4.78, 5) is 25.2. The Labute approximate surface area is 359 Å². The summed E-state index contributed by atoms with van der Waals surface area (Å²) < 4.78 is 17.2. The largest absolute Gasteiger partial charge is 0.461 e. The van der Waals surface area contributed by atoms with Gasteiger partial charge in [0.05, 0.1) is 13.0 Å². The number of hydrogen-bond donors (Lipinski definition) is 0. The maximum absolute atomic E-state index is 12.7. The van der Waals surface area contributed by atoms with E-state index in [0.29, 0.717) is 13.0 Å². The number of allylic oxidation sites excluding steroid dienone is 11. The van der Waals surface area contributed by atoms with Gasteiger partial charge in [0, 0.05) is 13.0 Å². The van der Waals surface area contributed by atoms with Crippen LogP contribution < -0.4 is 0 Å². The van der Waals surface area contributed by atoms with E-state index in [2.05, 4.69) is 81.5 Å². The Kier molecular flexibility index (Phi) is 46.5. The second-order valence-corrected chi connectivity index (χ2v) is 16.0. The van der Waals surface area contributed by atoms with Crippen molar-refractivity contribution in [3.05, 3.63) is 72.9 Å². The predicted molar refractivity (Wildman–Crippen MR) is 251 cm³/mol. The van der Waals surface area contributed by atoms with Crippen molar-refractivity contribution in [3.8, 4) is 0 Å². The van der Waals surface area contributed by atoms with E-state index in [0.717, 1.165) is 70.6 Å². The number of carbonyl (C=O) groups excluding carboxylic acids is 2. The van der Waals surface area contributed by atoms with Gasteiger partial charge < -0.3 is 14.2 Å². The lowest BCUT2D eigenvalue weighted by molar-refractivity contribution is -0.162. The molecule has 58 heavy (non-hydrogen) atoms. The van der Waals surface area contributed by atoms with E-state index < -0.39 is 6.10 Å². The first-order valence-corrected chi connectivity index (χ1v) is 24.5. The van der Waals surface area contributed by atoms with E-state index in [1.54, 1.807) is 0 Å². The molecule has 0 rings (SSSR count). The standard InChI is InChI=1S/C53H92O5/c1-4-7-10-13-16-19-22-24-26-28-30-33-36-39-42-45-48-56-49-51(58-53(55)47-44-41-38-35-31-21-18-15-12-9-6-3)50-57-52(54)46-43-40-37-34-32-29-27-25-23-20-17-14-11-8-5-2/h8,11,15,17-18,20,25,27,32,34,40,43,51H,4-7,9-10,12-14,16,19,21-24,26,28-31,33,35-39,41-42,44-50H2,1-3H3/b11-8-,18-15-,20-17-,27-25-,34-32-,43-40-. The highest BCUT2D eigenvalue weighted by molar-refractivity contribution is 5.71. The summed E-state index contributed by atoms with van der Waals surface area (Å²) in [5, 5.41) is 0. The van der Waals surface area contributed by atoms with Gasteiger partial charge in [0.15, 0.2) is 6.10 Å². The zero-order valence-electron chi connectivity index (χ0n) is 38.3. The Morgan fingerprint density at radius 2 is 0.845 bits per heavy atom. The molecule has 0 saturated carbocycles. The molecule has 1 unspecified atom stereocenters. The molecule has 1 atom stereocenters. The van der Waals surface area contributed by atoms with Gasteiger partial charge >= 0.3 is 11.9 Å². The molecular formula is C53H92O5. The number of hydrogen-bond acceptors (Lipinski definition) is 5. The second kappa shape index (κ2) is 48.7. The normalized spacial score (nSPS) is 12.8. The smallest absolute Gasteiger partial charge is 0.309 e. The molecule has 334 valence electrons. The van der Waals surface area contributed by atoms with Crippen LogP contribution in [0, 0.1) is 0 Å². The SMILES string of the molecule is CC/C=C\C/C=C\C/C=C\C/C=C\C/C=C\CC(=O)OCC(COCCCCCCCCCCCCCCCCCC)OC(=O)CCCCCCC/C=C\CCCC. The van der Waals surface area contributed by atoms with Crippen molar-refractivity contribution in [3.63, 3.8) is 0 Å². The van der Waals surface area contributed by atoms with E-state index in [4.69, 9.17) is 14.2 Å². The average Bonchev–Trinajstić information content (AvgIpc) is 3.22. The van der Waals surface area contributed by atoms with Gasteiger partial charge in [-0.15, -0.1) is 0 Å². The minimum absolute atomic E-state index is 0.0278. The van der Waals surface area contributed by atoms with Crippen molar-refractivity contribution in [2.45, 2.75) is 232 Å². The van der Waals surface area contributed by atoms with Crippen LogP contribution in [-0.2, 0) is 23.8 Å². The Balaban J connectivity index is 4.35. The average molecular weight is 809 g/mol. The van der Waals surface area contributed by atoms with Crippen LogP contribution >= 0.6 is 0 Å². The van der Waals surface area contributed by atoms with Gasteiger partial charge in [-0.25, -0.2) is 0 Å². The molecule has 5 heteroatoms. The summed E-state index contributed by atoms with van der Waals surface area (Å²) in [6, 6.07) is 0. The minimum Gasteiger partial charge on any atom is -0.461 e. The third-order valence-electron chi connectivity index (χ3n) is 10.3. The fourth-order valence-electron chi connectivity index (χ4n) is 6.62. The van der Waals surface area contributed by atoms with E-state index in [1.807, 2.05) is 12.2 Å². The molecule has 0 aromatic heterocycles. The molecule has 0 aromatic carbocycles. The second-order valence-electron chi connectivity index (χ2n) is 16.0. The monoisotopic (exact) mass is 809 g/mol. The summed E-state index contributed by atoms with van der Waals surface area (Å²) in [6.45, 7) is 7.58. The molecule has 0 aromatic rings. The van der Waals surface area contributed by atoms with E-state index in [-0.39, 0.29) is 31.6 Å². The van der Waals surface area contributed by atoms with Crippen molar-refractivity contribution < 1.29 is 23.8 Å². The molecule has 5 nitrogen and oxygen atoms in total. The maximum Gasteiger partial charge on any atom is 0.309 e. The Morgan fingerprint density at radius 1 is 0.414 bits per heavy atom. The molecule has 0 bridgehead atoms. The van der Waals surface area contributed by atoms with Crippen LogP contribution in [0.25, 0.3) is 0 Å². The van der Waals surface area contributed by atoms with Crippen LogP contribution in [0.4, 0.5) is 0 Å². The zero-order chi connectivity index (χ0) is 42.1. The zero-order valence-corrected chi connectivity index (χ0v) is 38.3.